The molecule has 2 heterocycles. The van der Waals surface area contributed by atoms with Crippen LogP contribution in [0.1, 0.15) is 16.2 Å². The highest BCUT2D eigenvalue weighted by molar-refractivity contribution is 7.13. The number of thiazole rings is 1. The average Bonchev–Trinajstić information content (AvgIpc) is 3.20. The number of fused-ring (bicyclic) bond motifs is 1. The van der Waals surface area contributed by atoms with Gasteiger partial charge in [-0.1, -0.05) is 54.6 Å². The number of nitrogens with zero attached hydrogens (tertiary/aromatic N) is 2. The molecule has 0 saturated carbocycles. The largest absolute Gasteiger partial charge is 0.288 e. The number of aromatic nitrogens is 2. The van der Waals surface area contributed by atoms with Gasteiger partial charge in [-0.2, -0.15) is 0 Å². The molecule has 0 saturated heterocycles. The Morgan fingerprint density at radius 3 is 2.50 bits per heavy atom. The van der Waals surface area contributed by atoms with E-state index < -0.39 is 5.91 Å². The van der Waals surface area contributed by atoms with Gasteiger partial charge in [0.2, 0.25) is 5.91 Å². The van der Waals surface area contributed by atoms with Gasteiger partial charge in [0.1, 0.15) is 10.7 Å². The van der Waals surface area contributed by atoms with Gasteiger partial charge in [0, 0.05) is 16.3 Å². The van der Waals surface area contributed by atoms with E-state index in [2.05, 4.69) is 20.8 Å². The third kappa shape index (κ3) is 4.05. The number of nitrogens with one attached hydrogen (secondary N) is 2. The van der Waals surface area contributed by atoms with Crippen molar-refractivity contribution in [1.29, 1.82) is 0 Å². The molecular formula is C21H16N4O2S. The molecule has 4 aromatic rings. The second-order valence-corrected chi connectivity index (χ2v) is 6.94. The number of rotatable bonds is 4. The van der Waals surface area contributed by atoms with Gasteiger partial charge < -0.3 is 0 Å². The first-order chi connectivity index (χ1) is 13.7. The van der Waals surface area contributed by atoms with Crippen LogP contribution in [0.15, 0.2) is 72.1 Å². The number of hydrogen-bond donors (Lipinski definition) is 2. The Morgan fingerprint density at radius 1 is 0.857 bits per heavy atom. The quantitative estimate of drug-likeness (QED) is 0.525. The molecule has 138 valence electrons. The van der Waals surface area contributed by atoms with Gasteiger partial charge >= 0.3 is 0 Å². The SMILES string of the molecule is O=C(Cc1csc(-c2ccccc2)n1)NNC(=O)c1ccc2ccccc2n1. The van der Waals surface area contributed by atoms with Gasteiger partial charge in [0.25, 0.3) is 5.91 Å². The van der Waals surface area contributed by atoms with Crippen molar-refractivity contribution in [2.24, 2.45) is 0 Å². The van der Waals surface area contributed by atoms with E-state index in [0.29, 0.717) is 5.69 Å². The summed E-state index contributed by atoms with van der Waals surface area (Å²) in [7, 11) is 0. The zero-order valence-electron chi connectivity index (χ0n) is 14.8. The molecule has 0 aliphatic heterocycles. The van der Waals surface area contributed by atoms with E-state index in [0.717, 1.165) is 21.5 Å². The Kier molecular flexibility index (Phi) is 5.07. The second-order valence-electron chi connectivity index (χ2n) is 6.08. The highest BCUT2D eigenvalue weighted by atomic mass is 32.1. The summed E-state index contributed by atoms with van der Waals surface area (Å²) in [6.07, 6.45) is 0.0781. The van der Waals surface area contributed by atoms with Crippen LogP contribution >= 0.6 is 11.3 Å². The fourth-order valence-electron chi connectivity index (χ4n) is 2.69. The summed E-state index contributed by atoms with van der Waals surface area (Å²) >= 11 is 1.48. The Labute approximate surface area is 165 Å². The lowest BCUT2D eigenvalue weighted by Gasteiger charge is -2.07. The first-order valence-corrected chi connectivity index (χ1v) is 9.52. The number of pyridine rings is 1. The van der Waals surface area contributed by atoms with E-state index in [9.17, 15) is 9.59 Å². The van der Waals surface area contributed by atoms with Crippen molar-refractivity contribution in [1.82, 2.24) is 20.8 Å². The molecule has 0 aliphatic carbocycles. The number of para-hydroxylation sites is 1. The van der Waals surface area contributed by atoms with Crippen LogP contribution in [0.3, 0.4) is 0 Å². The van der Waals surface area contributed by atoms with Gasteiger partial charge in [-0.05, 0) is 12.1 Å². The Bertz CT molecular complexity index is 1140. The molecule has 2 amide bonds. The number of hydrazine groups is 1. The first kappa shape index (κ1) is 17.8. The molecule has 2 aromatic heterocycles. The minimum absolute atomic E-state index is 0.0781. The predicted molar refractivity (Wildman–Crippen MR) is 109 cm³/mol. The number of carbonyl (C=O) groups is 2. The van der Waals surface area contributed by atoms with Gasteiger partial charge in [-0.25, -0.2) is 9.97 Å². The second kappa shape index (κ2) is 7.98. The summed E-state index contributed by atoms with van der Waals surface area (Å²) in [5, 5.41) is 3.64. The molecule has 4 rings (SSSR count). The van der Waals surface area contributed by atoms with E-state index in [1.807, 2.05) is 66.0 Å². The first-order valence-electron chi connectivity index (χ1n) is 8.64. The summed E-state index contributed by atoms with van der Waals surface area (Å²) in [4.78, 5) is 33.1. The third-order valence-electron chi connectivity index (χ3n) is 4.06. The number of hydrogen-bond acceptors (Lipinski definition) is 5. The van der Waals surface area contributed by atoms with E-state index in [1.165, 1.54) is 11.3 Å². The van der Waals surface area contributed by atoms with Crippen molar-refractivity contribution in [2.45, 2.75) is 6.42 Å². The lowest BCUT2D eigenvalue weighted by atomic mass is 10.2. The maximum absolute atomic E-state index is 12.2. The third-order valence-corrected chi connectivity index (χ3v) is 5.00. The zero-order valence-corrected chi connectivity index (χ0v) is 15.6. The van der Waals surface area contributed by atoms with E-state index in [-0.39, 0.29) is 18.0 Å². The fourth-order valence-corrected chi connectivity index (χ4v) is 3.52. The molecule has 2 N–H and O–H groups in total. The molecule has 7 heteroatoms. The Morgan fingerprint density at radius 2 is 1.64 bits per heavy atom. The van der Waals surface area contributed by atoms with Crippen LogP contribution in [-0.4, -0.2) is 21.8 Å². The topological polar surface area (TPSA) is 84.0 Å². The number of benzene rings is 2. The molecular weight excluding hydrogens is 372 g/mol. The fraction of sp³-hybridized carbons (Fsp3) is 0.0476. The smallest absolute Gasteiger partial charge is 0.273 e. The maximum Gasteiger partial charge on any atom is 0.288 e. The van der Waals surface area contributed by atoms with Crippen molar-refractivity contribution >= 4 is 34.1 Å². The lowest BCUT2D eigenvalue weighted by Crippen LogP contribution is -2.42. The van der Waals surface area contributed by atoms with Crippen LogP contribution in [0.2, 0.25) is 0 Å². The molecule has 0 unspecified atom stereocenters. The van der Waals surface area contributed by atoms with Gasteiger partial charge in [0.15, 0.2) is 0 Å². The van der Waals surface area contributed by atoms with E-state index >= 15 is 0 Å². The van der Waals surface area contributed by atoms with Gasteiger partial charge in [-0.15, -0.1) is 11.3 Å². The molecule has 6 nitrogen and oxygen atoms in total. The van der Waals surface area contributed by atoms with Crippen LogP contribution in [0.4, 0.5) is 0 Å². The summed E-state index contributed by atoms with van der Waals surface area (Å²) in [5.74, 6) is -0.818. The zero-order chi connectivity index (χ0) is 19.3. The van der Waals surface area contributed by atoms with Crippen LogP contribution in [0.25, 0.3) is 21.5 Å². The number of carbonyl (C=O) groups excluding carboxylic acids is 2. The summed E-state index contributed by atoms with van der Waals surface area (Å²) in [6, 6.07) is 20.7. The van der Waals surface area contributed by atoms with E-state index in [4.69, 9.17) is 0 Å². The van der Waals surface area contributed by atoms with Crippen LogP contribution in [0, 0.1) is 0 Å². The monoisotopic (exact) mass is 388 g/mol. The van der Waals surface area contributed by atoms with Crippen molar-refractivity contribution in [3.8, 4) is 10.6 Å². The molecule has 2 aromatic carbocycles. The molecule has 0 bridgehead atoms. The maximum atomic E-state index is 12.2. The van der Waals surface area contributed by atoms with Crippen molar-refractivity contribution in [2.75, 3.05) is 0 Å². The van der Waals surface area contributed by atoms with Gasteiger partial charge in [0.05, 0.1) is 17.6 Å². The van der Waals surface area contributed by atoms with Crippen molar-refractivity contribution in [3.05, 3.63) is 83.5 Å². The Hall–Kier alpha value is -3.58. The molecule has 0 radical (unpaired) electrons. The molecule has 0 aliphatic rings. The van der Waals surface area contributed by atoms with Crippen molar-refractivity contribution in [3.63, 3.8) is 0 Å². The molecule has 0 spiro atoms. The van der Waals surface area contributed by atoms with Crippen LogP contribution in [0.5, 0.6) is 0 Å². The van der Waals surface area contributed by atoms with Crippen LogP contribution in [-0.2, 0) is 11.2 Å². The highest BCUT2D eigenvalue weighted by Gasteiger charge is 2.12. The van der Waals surface area contributed by atoms with E-state index in [1.54, 1.807) is 6.07 Å². The summed E-state index contributed by atoms with van der Waals surface area (Å²) in [5.41, 5.74) is 7.43. The lowest BCUT2D eigenvalue weighted by molar-refractivity contribution is -0.121. The van der Waals surface area contributed by atoms with Crippen molar-refractivity contribution < 1.29 is 9.59 Å². The summed E-state index contributed by atoms with van der Waals surface area (Å²) in [6.45, 7) is 0. The average molecular weight is 388 g/mol. The minimum atomic E-state index is -0.470. The minimum Gasteiger partial charge on any atom is -0.273 e. The van der Waals surface area contributed by atoms with Gasteiger partial charge in [-0.3, -0.25) is 20.4 Å². The molecule has 0 atom stereocenters. The summed E-state index contributed by atoms with van der Waals surface area (Å²) < 4.78 is 0. The van der Waals surface area contributed by atoms with Crippen LogP contribution < -0.4 is 10.9 Å². The Balaban J connectivity index is 1.35. The number of amides is 2. The standard InChI is InChI=1S/C21H16N4O2S/c26-19(12-16-13-28-21(22-16)15-7-2-1-3-8-15)24-25-20(27)18-11-10-14-6-4-5-9-17(14)23-18/h1-11,13H,12H2,(H,24,26)(H,25,27). The molecule has 0 fully saturated rings. The highest BCUT2D eigenvalue weighted by Crippen LogP contribution is 2.23. The normalized spacial score (nSPS) is 10.6. The molecule has 28 heavy (non-hydrogen) atoms. The predicted octanol–water partition coefficient (Wildman–Crippen LogP) is 3.36.